The number of anilines is 1. The summed E-state index contributed by atoms with van der Waals surface area (Å²) in [6, 6.07) is 17.2. The van der Waals surface area contributed by atoms with E-state index >= 15 is 0 Å². The van der Waals surface area contributed by atoms with Gasteiger partial charge in [0.2, 0.25) is 0 Å². The predicted octanol–water partition coefficient (Wildman–Crippen LogP) is 3.14. The summed E-state index contributed by atoms with van der Waals surface area (Å²) in [5.41, 5.74) is 2.84. The molecule has 0 bridgehead atoms. The molecule has 0 aliphatic heterocycles. The molecule has 24 heavy (non-hydrogen) atoms. The minimum absolute atomic E-state index is 0.233. The van der Waals surface area contributed by atoms with Gasteiger partial charge in [-0.3, -0.25) is 5.10 Å². The summed E-state index contributed by atoms with van der Waals surface area (Å²) in [7, 11) is 0. The van der Waals surface area contributed by atoms with Crippen LogP contribution in [0.1, 0.15) is 11.4 Å². The number of urea groups is 1. The molecule has 2 aromatic carbocycles. The highest BCUT2D eigenvalue weighted by molar-refractivity contribution is 5.89. The number of benzene rings is 2. The monoisotopic (exact) mass is 321 g/mol. The van der Waals surface area contributed by atoms with Crippen LogP contribution in [0.4, 0.5) is 10.5 Å². The van der Waals surface area contributed by atoms with E-state index in [-0.39, 0.29) is 6.03 Å². The Morgan fingerprint density at radius 1 is 1.12 bits per heavy atom. The highest BCUT2D eigenvalue weighted by atomic mass is 16.2. The molecule has 0 saturated heterocycles. The van der Waals surface area contributed by atoms with Crippen molar-refractivity contribution in [1.82, 2.24) is 20.5 Å². The minimum atomic E-state index is -0.233. The molecule has 6 heteroatoms. The van der Waals surface area contributed by atoms with Crippen LogP contribution < -0.4 is 10.6 Å². The number of hydrogen-bond donors (Lipinski definition) is 3. The van der Waals surface area contributed by atoms with Crippen LogP contribution in [0.15, 0.2) is 54.6 Å². The smallest absolute Gasteiger partial charge is 0.319 e. The van der Waals surface area contributed by atoms with Gasteiger partial charge >= 0.3 is 6.03 Å². The quantitative estimate of drug-likeness (QED) is 0.675. The number of carbonyl (C=O) groups excluding carboxylic acids is 1. The lowest BCUT2D eigenvalue weighted by molar-refractivity contribution is 0.252. The number of nitrogens with zero attached hydrogens (tertiary/aromatic N) is 2. The van der Waals surface area contributed by atoms with E-state index in [2.05, 4.69) is 25.8 Å². The molecule has 0 spiro atoms. The zero-order valence-electron chi connectivity index (χ0n) is 13.4. The van der Waals surface area contributed by atoms with Crippen LogP contribution in [0.5, 0.6) is 0 Å². The van der Waals surface area contributed by atoms with Gasteiger partial charge in [0.25, 0.3) is 0 Å². The van der Waals surface area contributed by atoms with E-state index in [1.54, 1.807) is 0 Å². The lowest BCUT2D eigenvalue weighted by Crippen LogP contribution is -2.30. The molecule has 1 aromatic heterocycles. The van der Waals surface area contributed by atoms with Gasteiger partial charge in [-0.25, -0.2) is 9.78 Å². The summed E-state index contributed by atoms with van der Waals surface area (Å²) in [5.74, 6) is 1.40. The zero-order valence-corrected chi connectivity index (χ0v) is 13.4. The second-order valence-corrected chi connectivity index (χ2v) is 5.47. The fraction of sp³-hybridized carbons (Fsp3) is 0.167. The average molecular weight is 321 g/mol. The van der Waals surface area contributed by atoms with Crippen molar-refractivity contribution in [3.8, 4) is 11.4 Å². The molecule has 3 rings (SSSR count). The van der Waals surface area contributed by atoms with Gasteiger partial charge in [0, 0.05) is 24.2 Å². The van der Waals surface area contributed by atoms with Crippen molar-refractivity contribution >= 4 is 11.7 Å². The molecule has 1 heterocycles. The number of H-pyrrole nitrogens is 1. The summed E-state index contributed by atoms with van der Waals surface area (Å²) in [4.78, 5) is 16.3. The van der Waals surface area contributed by atoms with Gasteiger partial charge in [0.15, 0.2) is 5.82 Å². The maximum Gasteiger partial charge on any atom is 0.319 e. The third-order valence-corrected chi connectivity index (χ3v) is 3.49. The first-order chi connectivity index (χ1) is 11.7. The standard InChI is InChI=1S/C18H19N5O/c1-13-6-5-9-15(12-13)20-18(24)19-11-10-16-21-17(23-22-16)14-7-3-2-4-8-14/h2-9,12H,10-11H2,1H3,(H2,19,20,24)(H,21,22,23). The Morgan fingerprint density at radius 2 is 1.96 bits per heavy atom. The second kappa shape index (κ2) is 7.41. The number of carbonyl (C=O) groups is 1. The van der Waals surface area contributed by atoms with E-state index in [1.165, 1.54) is 0 Å². The van der Waals surface area contributed by atoms with E-state index in [0.717, 1.165) is 22.6 Å². The Hall–Kier alpha value is -3.15. The molecule has 3 N–H and O–H groups in total. The normalized spacial score (nSPS) is 10.4. The molecule has 0 aliphatic carbocycles. The summed E-state index contributed by atoms with van der Waals surface area (Å²) < 4.78 is 0. The Kier molecular flexibility index (Phi) is 4.86. The van der Waals surface area contributed by atoms with Crippen molar-refractivity contribution in [2.24, 2.45) is 0 Å². The molecule has 6 nitrogen and oxygen atoms in total. The fourth-order valence-corrected chi connectivity index (χ4v) is 2.32. The van der Waals surface area contributed by atoms with Gasteiger partial charge in [-0.15, -0.1) is 0 Å². The number of aromatic amines is 1. The summed E-state index contributed by atoms with van der Waals surface area (Å²) in [6.07, 6.45) is 0.584. The van der Waals surface area contributed by atoms with Crippen molar-refractivity contribution in [2.75, 3.05) is 11.9 Å². The summed E-state index contributed by atoms with van der Waals surface area (Å²) in [6.45, 7) is 2.46. The van der Waals surface area contributed by atoms with Crippen LogP contribution in [-0.2, 0) is 6.42 Å². The Labute approximate surface area is 140 Å². The van der Waals surface area contributed by atoms with Gasteiger partial charge in [0.1, 0.15) is 5.82 Å². The largest absolute Gasteiger partial charge is 0.337 e. The molecule has 2 amide bonds. The van der Waals surface area contributed by atoms with E-state index in [0.29, 0.717) is 18.8 Å². The van der Waals surface area contributed by atoms with Crippen LogP contribution in [-0.4, -0.2) is 27.8 Å². The van der Waals surface area contributed by atoms with Gasteiger partial charge in [-0.1, -0.05) is 42.5 Å². The van der Waals surface area contributed by atoms with Gasteiger partial charge in [0.05, 0.1) is 0 Å². The molecular formula is C18H19N5O. The van der Waals surface area contributed by atoms with Crippen LogP contribution in [0.25, 0.3) is 11.4 Å². The summed E-state index contributed by atoms with van der Waals surface area (Å²) in [5, 5.41) is 12.7. The van der Waals surface area contributed by atoms with Crippen molar-refractivity contribution in [1.29, 1.82) is 0 Å². The van der Waals surface area contributed by atoms with Gasteiger partial charge < -0.3 is 10.6 Å². The molecule has 0 unspecified atom stereocenters. The average Bonchev–Trinajstić information content (AvgIpc) is 3.04. The van der Waals surface area contributed by atoms with Crippen molar-refractivity contribution in [3.05, 3.63) is 66.0 Å². The molecule has 0 radical (unpaired) electrons. The third kappa shape index (κ3) is 4.19. The first-order valence-corrected chi connectivity index (χ1v) is 7.79. The first-order valence-electron chi connectivity index (χ1n) is 7.79. The number of amides is 2. The minimum Gasteiger partial charge on any atom is -0.337 e. The van der Waals surface area contributed by atoms with Gasteiger partial charge in [-0.05, 0) is 24.6 Å². The third-order valence-electron chi connectivity index (χ3n) is 3.49. The van der Waals surface area contributed by atoms with Crippen LogP contribution >= 0.6 is 0 Å². The fourth-order valence-electron chi connectivity index (χ4n) is 2.32. The van der Waals surface area contributed by atoms with E-state index in [1.807, 2.05) is 61.5 Å². The molecular weight excluding hydrogens is 302 g/mol. The number of nitrogens with one attached hydrogen (secondary N) is 3. The van der Waals surface area contributed by atoms with E-state index in [9.17, 15) is 4.79 Å². The molecule has 0 atom stereocenters. The Morgan fingerprint density at radius 3 is 2.75 bits per heavy atom. The topological polar surface area (TPSA) is 82.7 Å². The van der Waals surface area contributed by atoms with Crippen molar-refractivity contribution in [2.45, 2.75) is 13.3 Å². The second-order valence-electron chi connectivity index (χ2n) is 5.47. The lowest BCUT2D eigenvalue weighted by Gasteiger charge is -2.07. The first kappa shape index (κ1) is 15.7. The van der Waals surface area contributed by atoms with Gasteiger partial charge in [-0.2, -0.15) is 5.10 Å². The highest BCUT2D eigenvalue weighted by Crippen LogP contribution is 2.13. The van der Waals surface area contributed by atoms with E-state index in [4.69, 9.17) is 0 Å². The lowest BCUT2D eigenvalue weighted by atomic mass is 10.2. The maximum atomic E-state index is 11.9. The molecule has 0 aliphatic rings. The molecule has 0 fully saturated rings. The van der Waals surface area contributed by atoms with Crippen LogP contribution in [0.2, 0.25) is 0 Å². The summed E-state index contributed by atoms with van der Waals surface area (Å²) >= 11 is 0. The molecule has 0 saturated carbocycles. The number of hydrogen-bond acceptors (Lipinski definition) is 3. The predicted molar refractivity (Wildman–Crippen MR) is 93.7 cm³/mol. The number of rotatable bonds is 5. The highest BCUT2D eigenvalue weighted by Gasteiger charge is 2.06. The van der Waals surface area contributed by atoms with Crippen molar-refractivity contribution in [3.63, 3.8) is 0 Å². The van der Waals surface area contributed by atoms with Crippen LogP contribution in [0, 0.1) is 6.92 Å². The van der Waals surface area contributed by atoms with Crippen molar-refractivity contribution < 1.29 is 4.79 Å². The van der Waals surface area contributed by atoms with E-state index < -0.39 is 0 Å². The maximum absolute atomic E-state index is 11.9. The number of aryl methyl sites for hydroxylation is 1. The SMILES string of the molecule is Cc1cccc(NC(=O)NCCc2nc(-c3ccccc3)n[nH]2)c1. The molecule has 122 valence electrons. The Bertz CT molecular complexity index is 813. The number of aromatic nitrogens is 3. The Balaban J connectivity index is 1.48. The molecule has 3 aromatic rings. The van der Waals surface area contributed by atoms with Crippen LogP contribution in [0.3, 0.4) is 0 Å². The zero-order chi connectivity index (χ0) is 16.8.